The molecule has 0 saturated heterocycles. The first-order valence-corrected chi connectivity index (χ1v) is 7.68. The molecule has 0 aromatic rings. The summed E-state index contributed by atoms with van der Waals surface area (Å²) >= 11 is 3.25. The van der Waals surface area contributed by atoms with Crippen molar-refractivity contribution >= 4 is 34.4 Å². The van der Waals surface area contributed by atoms with E-state index in [1.807, 2.05) is 11.8 Å². The van der Waals surface area contributed by atoms with Crippen LogP contribution < -0.4 is 0 Å². The molecule has 0 saturated carbocycles. The van der Waals surface area contributed by atoms with E-state index in [1.54, 1.807) is 6.92 Å². The van der Waals surface area contributed by atoms with Crippen LogP contribution in [0, 0.1) is 0 Å². The molecular formula is C11H20O2S2. The topological polar surface area (TPSA) is 34.1 Å². The monoisotopic (exact) mass is 248 g/mol. The molecule has 0 rings (SSSR count). The van der Waals surface area contributed by atoms with Crippen molar-refractivity contribution in [3.05, 3.63) is 0 Å². The highest BCUT2D eigenvalue weighted by Crippen LogP contribution is 2.12. The van der Waals surface area contributed by atoms with Gasteiger partial charge in [-0.1, -0.05) is 11.8 Å². The minimum Gasteiger partial charge on any atom is -0.300 e. The number of hydrogen-bond donors (Lipinski definition) is 0. The van der Waals surface area contributed by atoms with E-state index in [9.17, 15) is 9.59 Å². The van der Waals surface area contributed by atoms with Gasteiger partial charge in [0.15, 0.2) is 5.12 Å². The average molecular weight is 248 g/mol. The zero-order valence-corrected chi connectivity index (χ0v) is 11.2. The van der Waals surface area contributed by atoms with Gasteiger partial charge in [-0.15, -0.1) is 0 Å². The molecular weight excluding hydrogens is 228 g/mol. The number of carbonyl (C=O) groups excluding carboxylic acids is 2. The van der Waals surface area contributed by atoms with Gasteiger partial charge in [-0.05, 0) is 38.2 Å². The van der Waals surface area contributed by atoms with Crippen molar-refractivity contribution in [1.82, 2.24) is 0 Å². The van der Waals surface area contributed by atoms with Gasteiger partial charge in [0.05, 0.1) is 0 Å². The molecule has 15 heavy (non-hydrogen) atoms. The van der Waals surface area contributed by atoms with Gasteiger partial charge in [0.2, 0.25) is 0 Å². The SMILES string of the molecule is CSCCCSC(=O)CCCCC(C)=O. The summed E-state index contributed by atoms with van der Waals surface area (Å²) in [5, 5.41) is 0.277. The van der Waals surface area contributed by atoms with E-state index in [4.69, 9.17) is 0 Å². The number of rotatable bonds is 9. The first-order valence-electron chi connectivity index (χ1n) is 5.31. The van der Waals surface area contributed by atoms with E-state index in [0.717, 1.165) is 30.8 Å². The quantitative estimate of drug-likeness (QED) is 0.587. The molecule has 4 heteroatoms. The molecule has 0 aliphatic heterocycles. The molecule has 0 bridgehead atoms. The van der Waals surface area contributed by atoms with Crippen LogP contribution in [0.2, 0.25) is 0 Å². The maximum Gasteiger partial charge on any atom is 0.188 e. The van der Waals surface area contributed by atoms with E-state index in [1.165, 1.54) is 11.8 Å². The molecule has 0 fully saturated rings. The normalized spacial score (nSPS) is 10.3. The van der Waals surface area contributed by atoms with Crippen LogP contribution in [-0.2, 0) is 9.59 Å². The molecule has 0 heterocycles. The zero-order chi connectivity index (χ0) is 11.5. The van der Waals surface area contributed by atoms with Crippen LogP contribution in [0.15, 0.2) is 0 Å². The third kappa shape index (κ3) is 12.0. The number of unbranched alkanes of at least 4 members (excludes halogenated alkanes) is 1. The molecule has 0 atom stereocenters. The fourth-order valence-corrected chi connectivity index (χ4v) is 2.53. The molecule has 0 unspecified atom stereocenters. The lowest BCUT2D eigenvalue weighted by molar-refractivity contribution is -0.117. The summed E-state index contributed by atoms with van der Waals surface area (Å²) in [5.41, 5.74) is 0. The number of hydrogen-bond acceptors (Lipinski definition) is 4. The van der Waals surface area contributed by atoms with Gasteiger partial charge in [-0.3, -0.25) is 4.79 Å². The lowest BCUT2D eigenvalue weighted by Crippen LogP contribution is -1.96. The van der Waals surface area contributed by atoms with E-state index < -0.39 is 0 Å². The molecule has 2 nitrogen and oxygen atoms in total. The third-order valence-electron chi connectivity index (χ3n) is 1.92. The Kier molecular flexibility index (Phi) is 10.6. The van der Waals surface area contributed by atoms with Gasteiger partial charge in [0.25, 0.3) is 0 Å². The average Bonchev–Trinajstić information content (AvgIpc) is 2.19. The van der Waals surface area contributed by atoms with Crippen LogP contribution in [0.1, 0.15) is 39.0 Å². The second-order valence-electron chi connectivity index (χ2n) is 3.48. The highest BCUT2D eigenvalue weighted by molar-refractivity contribution is 8.13. The van der Waals surface area contributed by atoms with Crippen LogP contribution in [0.4, 0.5) is 0 Å². The maximum absolute atomic E-state index is 11.3. The summed E-state index contributed by atoms with van der Waals surface area (Å²) < 4.78 is 0. The van der Waals surface area contributed by atoms with Crippen molar-refractivity contribution in [2.45, 2.75) is 39.0 Å². The summed E-state index contributed by atoms with van der Waals surface area (Å²) in [6.07, 6.45) is 6.13. The molecule has 0 amide bonds. The summed E-state index contributed by atoms with van der Waals surface area (Å²) in [5.74, 6) is 2.28. The Morgan fingerprint density at radius 2 is 1.67 bits per heavy atom. The predicted octanol–water partition coefficient (Wildman–Crippen LogP) is 3.15. The molecule has 0 aromatic carbocycles. The van der Waals surface area contributed by atoms with Gasteiger partial charge in [-0.25, -0.2) is 0 Å². The Morgan fingerprint density at radius 3 is 2.27 bits per heavy atom. The van der Waals surface area contributed by atoms with Gasteiger partial charge < -0.3 is 4.79 Å². The summed E-state index contributed by atoms with van der Waals surface area (Å²) in [6.45, 7) is 1.60. The molecule has 0 aromatic heterocycles. The molecule has 0 radical (unpaired) electrons. The van der Waals surface area contributed by atoms with Crippen LogP contribution >= 0.6 is 23.5 Å². The second kappa shape index (κ2) is 10.6. The number of carbonyl (C=O) groups is 2. The minimum atomic E-state index is 0.218. The molecule has 88 valence electrons. The Labute approximate surface area is 101 Å². The van der Waals surface area contributed by atoms with Crippen molar-refractivity contribution in [2.24, 2.45) is 0 Å². The summed E-state index contributed by atoms with van der Waals surface area (Å²) in [6, 6.07) is 0. The zero-order valence-electron chi connectivity index (χ0n) is 9.58. The van der Waals surface area contributed by atoms with Gasteiger partial charge >= 0.3 is 0 Å². The lowest BCUT2D eigenvalue weighted by Gasteiger charge is -2.00. The van der Waals surface area contributed by atoms with Crippen LogP contribution in [-0.4, -0.2) is 28.7 Å². The maximum atomic E-state index is 11.3. The van der Waals surface area contributed by atoms with Gasteiger partial charge in [0.1, 0.15) is 5.78 Å². The number of ketones is 1. The van der Waals surface area contributed by atoms with Crippen molar-refractivity contribution in [2.75, 3.05) is 17.8 Å². The van der Waals surface area contributed by atoms with Crippen molar-refractivity contribution in [1.29, 1.82) is 0 Å². The Hall–Kier alpha value is 0.0400. The summed E-state index contributed by atoms with van der Waals surface area (Å²) in [4.78, 5) is 22.0. The van der Waals surface area contributed by atoms with Gasteiger partial charge in [-0.2, -0.15) is 11.8 Å². The minimum absolute atomic E-state index is 0.218. The summed E-state index contributed by atoms with van der Waals surface area (Å²) in [7, 11) is 0. The van der Waals surface area contributed by atoms with Crippen LogP contribution in [0.5, 0.6) is 0 Å². The fourth-order valence-electron chi connectivity index (χ4n) is 1.10. The highest BCUT2D eigenvalue weighted by atomic mass is 32.2. The molecule has 0 aliphatic rings. The van der Waals surface area contributed by atoms with Gasteiger partial charge in [0, 0.05) is 18.6 Å². The molecule has 0 aliphatic carbocycles. The lowest BCUT2D eigenvalue weighted by atomic mass is 10.1. The van der Waals surface area contributed by atoms with Crippen molar-refractivity contribution < 1.29 is 9.59 Å². The highest BCUT2D eigenvalue weighted by Gasteiger charge is 2.02. The number of Topliss-reactive ketones (excluding diaryl/α,β-unsaturated/α-hetero) is 1. The van der Waals surface area contributed by atoms with E-state index in [-0.39, 0.29) is 10.9 Å². The van der Waals surface area contributed by atoms with E-state index in [0.29, 0.717) is 12.8 Å². The van der Waals surface area contributed by atoms with E-state index >= 15 is 0 Å². The largest absolute Gasteiger partial charge is 0.300 e. The first kappa shape index (κ1) is 15.0. The Balaban J connectivity index is 3.22. The third-order valence-corrected chi connectivity index (χ3v) is 3.63. The smallest absolute Gasteiger partial charge is 0.188 e. The van der Waals surface area contributed by atoms with Crippen LogP contribution in [0.3, 0.4) is 0 Å². The number of thioether (sulfide) groups is 2. The molecule has 0 N–H and O–H groups in total. The predicted molar refractivity (Wildman–Crippen MR) is 69.6 cm³/mol. The Morgan fingerprint density at radius 1 is 1.00 bits per heavy atom. The van der Waals surface area contributed by atoms with E-state index in [2.05, 4.69) is 6.26 Å². The Bertz CT molecular complexity index is 193. The second-order valence-corrected chi connectivity index (χ2v) is 5.61. The standard InChI is InChI=1S/C11H20O2S2/c1-10(12)6-3-4-7-11(13)15-9-5-8-14-2/h3-9H2,1-2H3. The first-order chi connectivity index (χ1) is 7.16. The van der Waals surface area contributed by atoms with Crippen LogP contribution in [0.25, 0.3) is 0 Å². The molecule has 0 spiro atoms. The van der Waals surface area contributed by atoms with Crippen molar-refractivity contribution in [3.8, 4) is 0 Å². The van der Waals surface area contributed by atoms with Crippen molar-refractivity contribution in [3.63, 3.8) is 0 Å². The fraction of sp³-hybridized carbons (Fsp3) is 0.818.